The number of aromatic nitrogens is 1. The number of carbonyl (C=O) groups excluding carboxylic acids is 1. The second-order valence-corrected chi connectivity index (χ2v) is 4.76. The van der Waals surface area contributed by atoms with Gasteiger partial charge in [0.05, 0.1) is 23.7 Å². The van der Waals surface area contributed by atoms with Crippen molar-refractivity contribution in [3.63, 3.8) is 0 Å². The van der Waals surface area contributed by atoms with Crippen LogP contribution in [0, 0.1) is 17.1 Å². The van der Waals surface area contributed by atoms with Gasteiger partial charge in [-0.3, -0.25) is 4.79 Å². The van der Waals surface area contributed by atoms with E-state index in [9.17, 15) is 9.18 Å². The minimum absolute atomic E-state index is 0.0822. The number of hydrogen-bond donors (Lipinski definition) is 0. The standard InChI is InChI=1S/C17H11FN2O/c18-15-6-5-13-7-8-20(16(13)9-15)11-17(21)14-3-1-12(10-19)2-4-14/h1-9H,11H2. The van der Waals surface area contributed by atoms with Crippen LogP contribution in [0.1, 0.15) is 15.9 Å². The number of hydrogen-bond acceptors (Lipinski definition) is 2. The summed E-state index contributed by atoms with van der Waals surface area (Å²) in [4.78, 5) is 12.2. The highest BCUT2D eigenvalue weighted by molar-refractivity contribution is 5.97. The highest BCUT2D eigenvalue weighted by Gasteiger charge is 2.09. The average molecular weight is 278 g/mol. The van der Waals surface area contributed by atoms with Gasteiger partial charge in [0.15, 0.2) is 5.78 Å². The molecule has 0 unspecified atom stereocenters. The van der Waals surface area contributed by atoms with Gasteiger partial charge in [-0.15, -0.1) is 0 Å². The van der Waals surface area contributed by atoms with E-state index in [0.29, 0.717) is 16.6 Å². The molecule has 0 saturated carbocycles. The van der Waals surface area contributed by atoms with Crippen LogP contribution in [0.4, 0.5) is 4.39 Å². The highest BCUT2D eigenvalue weighted by Crippen LogP contribution is 2.18. The zero-order chi connectivity index (χ0) is 14.8. The SMILES string of the molecule is N#Cc1ccc(C(=O)Cn2ccc3ccc(F)cc32)cc1. The molecule has 0 amide bonds. The Morgan fingerprint density at radius 3 is 2.62 bits per heavy atom. The molecular formula is C17H11FN2O. The van der Waals surface area contributed by atoms with Crippen molar-refractivity contribution >= 4 is 16.7 Å². The Bertz CT molecular complexity index is 857. The Morgan fingerprint density at radius 2 is 1.90 bits per heavy atom. The van der Waals surface area contributed by atoms with Gasteiger partial charge in [-0.2, -0.15) is 5.26 Å². The van der Waals surface area contributed by atoms with Crippen LogP contribution in [0.2, 0.25) is 0 Å². The largest absolute Gasteiger partial charge is 0.340 e. The quantitative estimate of drug-likeness (QED) is 0.688. The van der Waals surface area contributed by atoms with Crippen LogP contribution in [0.15, 0.2) is 54.7 Å². The van der Waals surface area contributed by atoms with Crippen molar-refractivity contribution in [2.24, 2.45) is 0 Å². The van der Waals surface area contributed by atoms with Crippen LogP contribution >= 0.6 is 0 Å². The molecule has 0 N–H and O–H groups in total. The minimum atomic E-state index is -0.326. The molecule has 0 bridgehead atoms. The van der Waals surface area contributed by atoms with E-state index in [2.05, 4.69) is 0 Å². The van der Waals surface area contributed by atoms with Gasteiger partial charge in [-0.05, 0) is 41.8 Å². The van der Waals surface area contributed by atoms with E-state index in [4.69, 9.17) is 5.26 Å². The zero-order valence-electron chi connectivity index (χ0n) is 11.1. The predicted molar refractivity (Wildman–Crippen MR) is 77.4 cm³/mol. The molecule has 0 fully saturated rings. The van der Waals surface area contributed by atoms with Crippen molar-refractivity contribution < 1.29 is 9.18 Å². The Hall–Kier alpha value is -2.93. The topological polar surface area (TPSA) is 45.8 Å². The molecule has 3 rings (SSSR count). The van der Waals surface area contributed by atoms with Crippen molar-refractivity contribution in [2.75, 3.05) is 0 Å². The fourth-order valence-corrected chi connectivity index (χ4v) is 2.27. The van der Waals surface area contributed by atoms with Crippen LogP contribution in [0.25, 0.3) is 10.9 Å². The van der Waals surface area contributed by atoms with Gasteiger partial charge in [0, 0.05) is 11.8 Å². The van der Waals surface area contributed by atoms with Crippen LogP contribution in [-0.2, 0) is 6.54 Å². The highest BCUT2D eigenvalue weighted by atomic mass is 19.1. The summed E-state index contributed by atoms with van der Waals surface area (Å²) in [6.45, 7) is 0.138. The summed E-state index contributed by atoms with van der Waals surface area (Å²) in [7, 11) is 0. The third-order valence-corrected chi connectivity index (χ3v) is 3.39. The number of benzene rings is 2. The molecule has 4 heteroatoms. The van der Waals surface area contributed by atoms with Crippen LogP contribution < -0.4 is 0 Å². The summed E-state index contributed by atoms with van der Waals surface area (Å²) in [5.41, 5.74) is 1.74. The lowest BCUT2D eigenvalue weighted by atomic mass is 10.1. The molecule has 1 aromatic heterocycles. The normalized spacial score (nSPS) is 10.5. The maximum absolute atomic E-state index is 13.3. The molecule has 0 aliphatic heterocycles. The summed E-state index contributed by atoms with van der Waals surface area (Å²) in [5.74, 6) is -0.408. The summed E-state index contributed by atoms with van der Waals surface area (Å²) in [5, 5.41) is 9.64. The van der Waals surface area contributed by atoms with Crippen LogP contribution in [-0.4, -0.2) is 10.4 Å². The predicted octanol–water partition coefficient (Wildman–Crippen LogP) is 3.53. The first-order valence-corrected chi connectivity index (χ1v) is 6.45. The van der Waals surface area contributed by atoms with Crippen molar-refractivity contribution in [3.05, 3.63) is 71.7 Å². The van der Waals surface area contributed by atoms with Gasteiger partial charge in [0.2, 0.25) is 0 Å². The second-order valence-electron chi connectivity index (χ2n) is 4.76. The monoisotopic (exact) mass is 278 g/mol. The Balaban J connectivity index is 1.89. The van der Waals surface area contributed by atoms with Crippen LogP contribution in [0.3, 0.4) is 0 Å². The van der Waals surface area contributed by atoms with E-state index in [1.165, 1.54) is 12.1 Å². The molecule has 0 aliphatic rings. The lowest BCUT2D eigenvalue weighted by Crippen LogP contribution is -2.09. The summed E-state index contributed by atoms with van der Waals surface area (Å²) in [6.07, 6.45) is 1.77. The molecule has 21 heavy (non-hydrogen) atoms. The van der Waals surface area contributed by atoms with Gasteiger partial charge in [0.1, 0.15) is 5.82 Å². The first kappa shape index (κ1) is 13.1. The van der Waals surface area contributed by atoms with E-state index < -0.39 is 0 Å². The molecule has 0 spiro atoms. The maximum atomic E-state index is 13.3. The second kappa shape index (κ2) is 5.22. The molecule has 0 saturated heterocycles. The number of ketones is 1. The number of carbonyl (C=O) groups is 1. The molecule has 0 radical (unpaired) electrons. The Kier molecular flexibility index (Phi) is 3.25. The van der Waals surface area contributed by atoms with Crippen molar-refractivity contribution in [2.45, 2.75) is 6.54 Å². The molecule has 102 valence electrons. The fraction of sp³-hybridized carbons (Fsp3) is 0.0588. The average Bonchev–Trinajstić information content (AvgIpc) is 2.89. The lowest BCUT2D eigenvalue weighted by molar-refractivity contribution is 0.0973. The van der Waals surface area contributed by atoms with Gasteiger partial charge in [0.25, 0.3) is 0 Å². The molecule has 0 aliphatic carbocycles. The van der Waals surface area contributed by atoms with Gasteiger partial charge in [-0.25, -0.2) is 4.39 Å². The number of rotatable bonds is 3. The first-order valence-electron chi connectivity index (χ1n) is 6.45. The zero-order valence-corrected chi connectivity index (χ0v) is 11.1. The van der Waals surface area contributed by atoms with E-state index in [1.54, 1.807) is 41.1 Å². The number of nitrogens with zero attached hydrogens (tertiary/aromatic N) is 2. The van der Waals surface area contributed by atoms with E-state index in [0.717, 1.165) is 5.39 Å². The van der Waals surface area contributed by atoms with Crippen LogP contribution in [0.5, 0.6) is 0 Å². The number of halogens is 1. The molecule has 1 heterocycles. The first-order chi connectivity index (χ1) is 10.2. The maximum Gasteiger partial charge on any atom is 0.182 e. The Morgan fingerprint density at radius 1 is 1.14 bits per heavy atom. The smallest absolute Gasteiger partial charge is 0.182 e. The molecule has 0 atom stereocenters. The van der Waals surface area contributed by atoms with E-state index in [1.807, 2.05) is 12.1 Å². The summed E-state index contributed by atoms with van der Waals surface area (Å²) in [6, 6.07) is 14.9. The number of Topliss-reactive ketones (excluding diaryl/α,β-unsaturated/α-hetero) is 1. The third kappa shape index (κ3) is 2.54. The lowest BCUT2D eigenvalue weighted by Gasteiger charge is -2.05. The Labute approximate surface area is 120 Å². The summed E-state index contributed by atoms with van der Waals surface area (Å²) >= 11 is 0. The molecule has 3 aromatic rings. The van der Waals surface area contributed by atoms with Gasteiger partial charge < -0.3 is 4.57 Å². The van der Waals surface area contributed by atoms with Crippen molar-refractivity contribution in [3.8, 4) is 6.07 Å². The van der Waals surface area contributed by atoms with E-state index in [-0.39, 0.29) is 18.1 Å². The third-order valence-electron chi connectivity index (χ3n) is 3.39. The summed E-state index contributed by atoms with van der Waals surface area (Å²) < 4.78 is 15.0. The number of fused-ring (bicyclic) bond motifs is 1. The van der Waals surface area contributed by atoms with Crippen molar-refractivity contribution in [1.82, 2.24) is 4.57 Å². The molecule has 2 aromatic carbocycles. The van der Waals surface area contributed by atoms with E-state index >= 15 is 0 Å². The fourth-order valence-electron chi connectivity index (χ4n) is 2.27. The van der Waals surface area contributed by atoms with Gasteiger partial charge in [-0.1, -0.05) is 12.1 Å². The number of nitriles is 1. The van der Waals surface area contributed by atoms with Crippen molar-refractivity contribution in [1.29, 1.82) is 5.26 Å². The van der Waals surface area contributed by atoms with Gasteiger partial charge >= 0.3 is 0 Å². The molecule has 3 nitrogen and oxygen atoms in total. The minimum Gasteiger partial charge on any atom is -0.340 e. The molecular weight excluding hydrogens is 267 g/mol.